The van der Waals surface area contributed by atoms with Gasteiger partial charge in [0.25, 0.3) is 0 Å². The van der Waals surface area contributed by atoms with Crippen LogP contribution in [-0.2, 0) is 64.1 Å². The number of hydrogen-bond acceptors (Lipinski definition) is 11. The highest BCUT2D eigenvalue weighted by Crippen LogP contribution is 2.41. The minimum Gasteiger partial charge on any atom is -0.445 e. The number of alkyl carbamates (subject to hydrolysis) is 3. The molecule has 2 aliphatic heterocycles. The Morgan fingerprint density at radius 3 is 1.39 bits per heavy atom. The lowest BCUT2D eigenvalue weighted by atomic mass is 9.71. The molecule has 6 rings (SSSR count). The summed E-state index contributed by atoms with van der Waals surface area (Å²) in [5.41, 5.74) is 1.37. The number of nitrogens with one attached hydrogen (secondary N) is 6. The topological polar surface area (TPSA) is 243 Å². The van der Waals surface area contributed by atoms with Crippen LogP contribution in [-0.4, -0.2) is 132 Å². The van der Waals surface area contributed by atoms with Gasteiger partial charge in [0.15, 0.2) is 0 Å². The van der Waals surface area contributed by atoms with Gasteiger partial charge in [-0.3, -0.25) is 24.0 Å². The molecule has 0 radical (unpaired) electrons. The van der Waals surface area contributed by atoms with E-state index in [4.69, 9.17) is 14.2 Å². The van der Waals surface area contributed by atoms with Gasteiger partial charge in [-0.2, -0.15) is 0 Å². The van der Waals surface area contributed by atoms with Crippen LogP contribution < -0.4 is 31.9 Å². The predicted octanol–water partition coefficient (Wildman–Crippen LogP) is 7.55. The second kappa shape index (κ2) is 30.4. The van der Waals surface area contributed by atoms with Gasteiger partial charge >= 0.3 is 18.3 Å². The highest BCUT2D eigenvalue weighted by Gasteiger charge is 2.49. The fourth-order valence-corrected chi connectivity index (χ4v) is 10.2. The largest absolute Gasteiger partial charge is 0.445 e. The number of piperidine rings is 1. The molecule has 2 saturated heterocycles. The van der Waals surface area contributed by atoms with Crippen molar-refractivity contribution < 1.29 is 52.6 Å². The van der Waals surface area contributed by atoms with E-state index in [0.29, 0.717) is 51.9 Å². The van der Waals surface area contributed by atoms with Crippen molar-refractivity contribution >= 4 is 47.8 Å². The molecule has 19 heteroatoms. The molecule has 4 aromatic rings. The number of rotatable bonds is 25. The Kier molecular flexibility index (Phi) is 23.5. The van der Waals surface area contributed by atoms with Crippen LogP contribution in [0.2, 0.25) is 0 Å². The Balaban J connectivity index is 1.14. The number of unbranched alkanes of at least 4 members (excludes halogenated alkanes) is 1. The number of ether oxygens (including phenoxy) is 3. The van der Waals surface area contributed by atoms with E-state index < -0.39 is 77.4 Å². The van der Waals surface area contributed by atoms with Crippen molar-refractivity contribution in [2.45, 2.75) is 161 Å². The van der Waals surface area contributed by atoms with Crippen LogP contribution in [0.4, 0.5) is 14.4 Å². The van der Waals surface area contributed by atoms with Crippen molar-refractivity contribution in [3.05, 3.63) is 144 Å². The summed E-state index contributed by atoms with van der Waals surface area (Å²) in [5, 5.41) is 17.1. The number of likely N-dealkylation sites (tertiary alicyclic amines) is 2. The fourth-order valence-electron chi connectivity index (χ4n) is 10.2. The van der Waals surface area contributed by atoms with Crippen LogP contribution in [0, 0.1) is 11.3 Å². The Hall–Kier alpha value is -7.96. The third-order valence-electron chi connectivity index (χ3n) is 14.3. The van der Waals surface area contributed by atoms with Gasteiger partial charge in [0.1, 0.15) is 48.0 Å². The summed E-state index contributed by atoms with van der Waals surface area (Å²) in [5.74, 6) is -2.49. The molecular formula is C64H86N8O11. The number of amides is 8. The van der Waals surface area contributed by atoms with Crippen molar-refractivity contribution in [2.24, 2.45) is 11.3 Å². The number of carbonyl (C=O) groups excluding carboxylic acids is 8. The lowest BCUT2D eigenvalue weighted by molar-refractivity contribution is -0.153. The maximum Gasteiger partial charge on any atom is 0.408 e. The van der Waals surface area contributed by atoms with E-state index >= 15 is 0 Å². The molecule has 8 amide bonds. The molecule has 1 spiro atoms. The molecule has 0 saturated carbocycles. The zero-order valence-electron chi connectivity index (χ0n) is 49.5. The molecule has 2 aliphatic rings. The zero-order chi connectivity index (χ0) is 60.2. The first-order valence-corrected chi connectivity index (χ1v) is 29.0. The molecule has 83 heavy (non-hydrogen) atoms. The number of carbonyl (C=O) groups is 8. The van der Waals surface area contributed by atoms with Gasteiger partial charge in [-0.15, -0.1) is 0 Å². The van der Waals surface area contributed by atoms with E-state index in [1.807, 2.05) is 135 Å². The molecule has 2 fully saturated rings. The molecule has 2 heterocycles. The van der Waals surface area contributed by atoms with Crippen molar-refractivity contribution in [1.29, 1.82) is 0 Å². The van der Waals surface area contributed by atoms with Gasteiger partial charge in [0, 0.05) is 57.4 Å². The number of nitrogens with zero attached hydrogens (tertiary/aromatic N) is 2. The summed E-state index contributed by atoms with van der Waals surface area (Å²) in [6, 6.07) is 31.6. The van der Waals surface area contributed by atoms with Gasteiger partial charge in [0.05, 0.1) is 0 Å². The highest BCUT2D eigenvalue weighted by atomic mass is 16.6. The van der Waals surface area contributed by atoms with Crippen molar-refractivity contribution in [3.63, 3.8) is 0 Å². The van der Waals surface area contributed by atoms with Crippen LogP contribution in [0.15, 0.2) is 121 Å². The van der Waals surface area contributed by atoms with Crippen LogP contribution in [0.1, 0.15) is 116 Å². The van der Waals surface area contributed by atoms with Crippen LogP contribution in [0.5, 0.6) is 0 Å². The zero-order valence-corrected chi connectivity index (χ0v) is 49.5. The molecule has 5 unspecified atom stereocenters. The summed E-state index contributed by atoms with van der Waals surface area (Å²) in [7, 11) is 0. The second-order valence-corrected chi connectivity index (χ2v) is 24.3. The monoisotopic (exact) mass is 1140 g/mol. The van der Waals surface area contributed by atoms with E-state index in [1.54, 1.807) is 51.3 Å². The maximum atomic E-state index is 14.7. The van der Waals surface area contributed by atoms with Crippen LogP contribution in [0.3, 0.4) is 0 Å². The van der Waals surface area contributed by atoms with Gasteiger partial charge in [-0.25, -0.2) is 14.4 Å². The van der Waals surface area contributed by atoms with Gasteiger partial charge < -0.3 is 55.9 Å². The first-order chi connectivity index (χ1) is 39.4. The summed E-state index contributed by atoms with van der Waals surface area (Å²) in [4.78, 5) is 115. The molecule has 6 N–H and O–H groups in total. The first-order valence-electron chi connectivity index (χ1n) is 29.0. The first kappa shape index (κ1) is 64.2. The SMILES string of the molecule is CC(C)CC(NC(=O)C(Cc1ccccc1)NC(=O)C(Cc1ccccc1)NC(=O)OC(C)(C)C)C(=O)NC(CCCCNC(=O)OC(C)(C)C)C(=O)N1CC2(CCN(C(=O)C(Cc3ccccc3)NC(=O)OCc3ccccc3)CC2)C1. The minimum absolute atomic E-state index is 0.0506. The molecule has 19 nitrogen and oxygen atoms in total. The Labute approximate surface area is 489 Å². The third-order valence-corrected chi connectivity index (χ3v) is 14.3. The molecule has 0 aromatic heterocycles. The number of benzene rings is 4. The molecule has 0 aliphatic carbocycles. The lowest BCUT2D eigenvalue weighted by Gasteiger charge is -2.54. The fraction of sp³-hybridized carbons (Fsp3) is 0.500. The average Bonchev–Trinajstić information content (AvgIpc) is 2.51. The maximum absolute atomic E-state index is 14.7. The molecule has 448 valence electrons. The summed E-state index contributed by atoms with van der Waals surface area (Å²) < 4.78 is 16.4. The Morgan fingerprint density at radius 2 is 0.892 bits per heavy atom. The molecule has 4 aromatic carbocycles. The van der Waals surface area contributed by atoms with E-state index in [-0.39, 0.29) is 68.4 Å². The van der Waals surface area contributed by atoms with E-state index in [1.165, 1.54) is 0 Å². The van der Waals surface area contributed by atoms with Crippen molar-refractivity contribution in [2.75, 3.05) is 32.7 Å². The second-order valence-electron chi connectivity index (χ2n) is 24.3. The minimum atomic E-state index is -1.20. The Morgan fingerprint density at radius 1 is 0.482 bits per heavy atom. The lowest BCUT2D eigenvalue weighted by Crippen LogP contribution is -2.66. The van der Waals surface area contributed by atoms with Crippen LogP contribution in [0.25, 0.3) is 0 Å². The molecular weight excluding hydrogens is 1060 g/mol. The predicted molar refractivity (Wildman–Crippen MR) is 315 cm³/mol. The van der Waals surface area contributed by atoms with E-state index in [0.717, 1.165) is 22.3 Å². The average molecular weight is 1140 g/mol. The van der Waals surface area contributed by atoms with Crippen molar-refractivity contribution in [1.82, 2.24) is 41.7 Å². The molecule has 0 bridgehead atoms. The summed E-state index contributed by atoms with van der Waals surface area (Å²) in [6.07, 6.45) is 0.888. The summed E-state index contributed by atoms with van der Waals surface area (Å²) in [6.45, 7) is 16.2. The van der Waals surface area contributed by atoms with Gasteiger partial charge in [-0.1, -0.05) is 135 Å². The van der Waals surface area contributed by atoms with Gasteiger partial charge in [0.2, 0.25) is 29.5 Å². The van der Waals surface area contributed by atoms with E-state index in [9.17, 15) is 38.4 Å². The van der Waals surface area contributed by atoms with Crippen molar-refractivity contribution in [3.8, 4) is 0 Å². The number of hydrogen-bond donors (Lipinski definition) is 6. The third kappa shape index (κ3) is 21.7. The van der Waals surface area contributed by atoms with Crippen LogP contribution >= 0.6 is 0 Å². The Bertz CT molecular complexity index is 2760. The molecule has 5 atom stereocenters. The summed E-state index contributed by atoms with van der Waals surface area (Å²) >= 11 is 0. The smallest absolute Gasteiger partial charge is 0.408 e. The quantitative estimate of drug-likeness (QED) is 0.0280. The normalized spacial score (nSPS) is 15.7. The highest BCUT2D eigenvalue weighted by molar-refractivity contribution is 5.96. The van der Waals surface area contributed by atoms with E-state index in [2.05, 4.69) is 31.9 Å². The van der Waals surface area contributed by atoms with Gasteiger partial charge in [-0.05, 0) is 108 Å². The standard InChI is InChI=1S/C64H86N8O11/c1-44(2)37-50(67-55(74)51(38-45-23-13-9-14-24-45)68-56(75)52(39-46-25-15-10-16-26-46)69-61(80)83-63(6,7)8)54(73)66-49(31-21-22-34-65-59(78)82-62(3,4)5)57(76)72-42-64(43-72)32-35-71(36-33-64)58(77)53(40-47-27-17-11-18-28-47)70-60(79)81-41-48-29-19-12-20-30-48/h9-20,23-30,44,49-53H,21-22,31-43H2,1-8H3,(H,65,78)(H,66,73)(H,67,74)(H,68,75)(H,69,80)(H,70,79).